The molecule has 1 aliphatic heterocycles. The lowest BCUT2D eigenvalue weighted by Crippen LogP contribution is -2.49. The van der Waals surface area contributed by atoms with Gasteiger partial charge in [-0.1, -0.05) is 12.8 Å². The molecule has 2 aliphatic rings. The van der Waals surface area contributed by atoms with Crippen molar-refractivity contribution in [2.75, 3.05) is 20.1 Å². The number of likely N-dealkylation sites (tertiary alicyclic amines) is 1. The zero-order valence-corrected chi connectivity index (χ0v) is 7.34. The van der Waals surface area contributed by atoms with Gasteiger partial charge in [0.2, 0.25) is 0 Å². The van der Waals surface area contributed by atoms with E-state index in [1.807, 2.05) is 0 Å². The summed E-state index contributed by atoms with van der Waals surface area (Å²) < 4.78 is 0. The highest BCUT2D eigenvalue weighted by Gasteiger charge is 2.43. The summed E-state index contributed by atoms with van der Waals surface area (Å²) in [6, 6.07) is 0. The van der Waals surface area contributed by atoms with E-state index in [9.17, 15) is 0 Å². The Balaban J connectivity index is 2.11. The van der Waals surface area contributed by atoms with E-state index in [0.29, 0.717) is 0 Å². The molecule has 11 heavy (non-hydrogen) atoms. The molecule has 2 atom stereocenters. The van der Waals surface area contributed by atoms with Gasteiger partial charge in [-0.05, 0) is 25.8 Å². The van der Waals surface area contributed by atoms with Crippen molar-refractivity contribution in [2.45, 2.75) is 31.2 Å². The van der Waals surface area contributed by atoms with Crippen LogP contribution in [0.25, 0.3) is 0 Å². The van der Waals surface area contributed by atoms with Gasteiger partial charge in [0, 0.05) is 18.6 Å². The van der Waals surface area contributed by atoms with Gasteiger partial charge in [-0.2, -0.15) is 0 Å². The lowest BCUT2D eigenvalue weighted by atomic mass is 9.76. The lowest BCUT2D eigenvalue weighted by Gasteiger charge is -2.34. The van der Waals surface area contributed by atoms with Gasteiger partial charge in [0.15, 0.2) is 0 Å². The molecule has 1 saturated carbocycles. The molecule has 1 saturated heterocycles. The Hall–Kier alpha value is -0.0800. The van der Waals surface area contributed by atoms with Crippen LogP contribution in [0.15, 0.2) is 0 Å². The Bertz CT molecular complexity index is 158. The van der Waals surface area contributed by atoms with Crippen LogP contribution in [-0.4, -0.2) is 30.6 Å². The summed E-state index contributed by atoms with van der Waals surface area (Å²) in [5, 5.41) is 0. The predicted octanol–water partition coefficient (Wildman–Crippen LogP) is 0.820. The summed E-state index contributed by atoms with van der Waals surface area (Å²) in [6.45, 7) is 2.36. The van der Waals surface area contributed by atoms with Crippen LogP contribution in [0.1, 0.15) is 25.7 Å². The molecular weight excluding hydrogens is 136 g/mol. The summed E-state index contributed by atoms with van der Waals surface area (Å²) in [4.78, 5) is 2.38. The molecule has 64 valence electrons. The highest BCUT2D eigenvalue weighted by molar-refractivity contribution is 5.02. The predicted molar refractivity (Wildman–Crippen MR) is 46.4 cm³/mol. The van der Waals surface area contributed by atoms with Crippen molar-refractivity contribution in [1.29, 1.82) is 0 Å². The van der Waals surface area contributed by atoms with Crippen molar-refractivity contribution < 1.29 is 0 Å². The van der Waals surface area contributed by atoms with Crippen LogP contribution in [-0.2, 0) is 0 Å². The maximum Gasteiger partial charge on any atom is 0.0324 e. The van der Waals surface area contributed by atoms with Crippen molar-refractivity contribution in [3.63, 3.8) is 0 Å². The average Bonchev–Trinajstić information content (AvgIpc) is 2.22. The molecule has 0 aromatic heterocycles. The first-order chi connectivity index (χ1) is 5.21. The van der Waals surface area contributed by atoms with Crippen molar-refractivity contribution in [1.82, 2.24) is 4.90 Å². The third kappa shape index (κ3) is 1.18. The molecule has 0 amide bonds. The second-order valence-corrected chi connectivity index (χ2v) is 4.37. The molecule has 0 bridgehead atoms. The van der Waals surface area contributed by atoms with Gasteiger partial charge in [-0.15, -0.1) is 0 Å². The van der Waals surface area contributed by atoms with E-state index in [0.717, 1.165) is 12.5 Å². The molecule has 2 fully saturated rings. The van der Waals surface area contributed by atoms with Gasteiger partial charge in [-0.25, -0.2) is 0 Å². The highest BCUT2D eigenvalue weighted by atomic mass is 15.2. The second-order valence-electron chi connectivity index (χ2n) is 4.37. The number of nitrogens with zero attached hydrogens (tertiary/aromatic N) is 1. The normalized spacial score (nSPS) is 45.8. The van der Waals surface area contributed by atoms with Crippen molar-refractivity contribution in [2.24, 2.45) is 11.7 Å². The molecule has 2 N–H and O–H groups in total. The van der Waals surface area contributed by atoms with Crippen LogP contribution in [0.4, 0.5) is 0 Å². The van der Waals surface area contributed by atoms with Crippen LogP contribution in [0.3, 0.4) is 0 Å². The maximum absolute atomic E-state index is 6.31. The molecule has 1 aliphatic carbocycles. The average molecular weight is 154 g/mol. The summed E-state index contributed by atoms with van der Waals surface area (Å²) in [5.74, 6) is 0.793. The smallest absolute Gasteiger partial charge is 0.0324 e. The van der Waals surface area contributed by atoms with Crippen LogP contribution in [0.2, 0.25) is 0 Å². The molecule has 0 radical (unpaired) electrons. The van der Waals surface area contributed by atoms with Crippen LogP contribution in [0.5, 0.6) is 0 Å². The van der Waals surface area contributed by atoms with E-state index in [1.54, 1.807) is 0 Å². The van der Waals surface area contributed by atoms with Crippen molar-refractivity contribution >= 4 is 0 Å². The molecule has 0 unspecified atom stereocenters. The third-order valence-electron chi connectivity index (χ3n) is 3.35. The van der Waals surface area contributed by atoms with Gasteiger partial charge in [0.05, 0.1) is 0 Å². The Morgan fingerprint density at radius 1 is 1.45 bits per heavy atom. The lowest BCUT2D eigenvalue weighted by molar-refractivity contribution is 0.246. The molecule has 2 rings (SSSR count). The van der Waals surface area contributed by atoms with E-state index in [4.69, 9.17) is 5.73 Å². The molecule has 0 aromatic carbocycles. The zero-order chi connectivity index (χ0) is 7.90. The number of fused-ring (bicyclic) bond motifs is 1. The Morgan fingerprint density at radius 3 is 3.00 bits per heavy atom. The molecule has 0 aromatic rings. The van der Waals surface area contributed by atoms with Crippen LogP contribution in [0, 0.1) is 5.92 Å². The zero-order valence-electron chi connectivity index (χ0n) is 7.34. The molecule has 1 heterocycles. The number of nitrogens with two attached hydrogens (primary N) is 1. The monoisotopic (exact) mass is 154 g/mol. The maximum atomic E-state index is 6.31. The number of hydrogen-bond acceptors (Lipinski definition) is 2. The number of rotatable bonds is 0. The van der Waals surface area contributed by atoms with Gasteiger partial charge < -0.3 is 10.6 Å². The van der Waals surface area contributed by atoms with E-state index >= 15 is 0 Å². The van der Waals surface area contributed by atoms with Gasteiger partial charge in [-0.3, -0.25) is 0 Å². The van der Waals surface area contributed by atoms with Crippen molar-refractivity contribution in [3.05, 3.63) is 0 Å². The second kappa shape index (κ2) is 2.46. The minimum absolute atomic E-state index is 0.188. The quantitative estimate of drug-likeness (QED) is 0.559. The number of hydrogen-bond donors (Lipinski definition) is 1. The minimum atomic E-state index is 0.188. The molecular formula is C9H18N2. The summed E-state index contributed by atoms with van der Waals surface area (Å²) >= 11 is 0. The van der Waals surface area contributed by atoms with E-state index in [-0.39, 0.29) is 5.54 Å². The van der Waals surface area contributed by atoms with E-state index in [1.165, 1.54) is 32.2 Å². The molecule has 2 nitrogen and oxygen atoms in total. The Morgan fingerprint density at radius 2 is 2.27 bits per heavy atom. The fraction of sp³-hybridized carbons (Fsp3) is 1.00. The SMILES string of the molecule is CN1C[C@@H]2CCCC[C@@]2(N)C1. The standard InChI is InChI=1S/C9H18N2/c1-11-6-8-4-2-3-5-9(8,10)7-11/h8H,2-7,10H2,1H3/t8-,9+/m0/s1. The first-order valence-corrected chi connectivity index (χ1v) is 4.68. The van der Waals surface area contributed by atoms with Crippen LogP contribution < -0.4 is 5.73 Å². The van der Waals surface area contributed by atoms with E-state index in [2.05, 4.69) is 11.9 Å². The Kier molecular flexibility index (Phi) is 1.69. The number of likely N-dealkylation sites (N-methyl/N-ethyl adjacent to an activating group) is 1. The summed E-state index contributed by atoms with van der Waals surface area (Å²) in [6.07, 6.45) is 5.36. The Labute approximate surface area is 68.7 Å². The summed E-state index contributed by atoms with van der Waals surface area (Å²) in [7, 11) is 2.19. The highest BCUT2D eigenvalue weighted by Crippen LogP contribution is 2.36. The summed E-state index contributed by atoms with van der Waals surface area (Å²) in [5.41, 5.74) is 6.50. The first-order valence-electron chi connectivity index (χ1n) is 4.68. The topological polar surface area (TPSA) is 29.3 Å². The van der Waals surface area contributed by atoms with Crippen LogP contribution >= 0.6 is 0 Å². The largest absolute Gasteiger partial charge is 0.324 e. The molecule has 0 spiro atoms. The first kappa shape index (κ1) is 7.56. The van der Waals surface area contributed by atoms with Gasteiger partial charge in [0.1, 0.15) is 0 Å². The fourth-order valence-electron chi connectivity index (χ4n) is 2.76. The third-order valence-corrected chi connectivity index (χ3v) is 3.35. The van der Waals surface area contributed by atoms with Gasteiger partial charge in [0.25, 0.3) is 0 Å². The fourth-order valence-corrected chi connectivity index (χ4v) is 2.76. The van der Waals surface area contributed by atoms with Crippen molar-refractivity contribution in [3.8, 4) is 0 Å². The van der Waals surface area contributed by atoms with Gasteiger partial charge >= 0.3 is 0 Å². The van der Waals surface area contributed by atoms with E-state index < -0.39 is 0 Å². The molecule has 2 heteroatoms. The minimum Gasteiger partial charge on any atom is -0.324 e.